The number of aromatic nitrogens is 1. The number of nitrogens with one attached hydrogen (secondary N) is 1. The van der Waals surface area contributed by atoms with Crippen LogP contribution in [0.15, 0.2) is 23.2 Å². The number of nitrogens with zero attached hydrogens (tertiary/aromatic N) is 1. The standard InChI is InChI=1S/C13H21N3O2S/c1-10-4-2-5-11(8-7-10)16-19(17,18)12-6-3-9-15-13(12)14/h3,6,9-11,16H,2,4-5,7-8H2,1H3,(H2,14,15). The molecule has 0 radical (unpaired) electrons. The maximum atomic E-state index is 12.3. The van der Waals surface area contributed by atoms with Crippen LogP contribution in [0.5, 0.6) is 0 Å². The largest absolute Gasteiger partial charge is 0.383 e. The van der Waals surface area contributed by atoms with Crippen molar-refractivity contribution in [2.24, 2.45) is 5.92 Å². The van der Waals surface area contributed by atoms with E-state index >= 15 is 0 Å². The summed E-state index contributed by atoms with van der Waals surface area (Å²) in [6, 6.07) is 3.08. The number of anilines is 1. The molecule has 0 aromatic carbocycles. The second-order valence-corrected chi connectivity index (χ2v) is 7.00. The maximum absolute atomic E-state index is 12.3. The lowest BCUT2D eigenvalue weighted by Crippen LogP contribution is -2.34. The zero-order valence-corrected chi connectivity index (χ0v) is 12.0. The summed E-state index contributed by atoms with van der Waals surface area (Å²) in [6.07, 6.45) is 6.58. The highest BCUT2D eigenvalue weighted by atomic mass is 32.2. The van der Waals surface area contributed by atoms with Gasteiger partial charge in [0, 0.05) is 12.2 Å². The Morgan fingerprint density at radius 1 is 1.32 bits per heavy atom. The van der Waals surface area contributed by atoms with E-state index in [1.54, 1.807) is 6.07 Å². The number of sulfonamides is 1. The molecule has 1 aliphatic carbocycles. The number of rotatable bonds is 3. The highest BCUT2D eigenvalue weighted by Crippen LogP contribution is 2.24. The van der Waals surface area contributed by atoms with E-state index in [0.29, 0.717) is 5.92 Å². The minimum absolute atomic E-state index is 0.00885. The molecule has 1 heterocycles. The van der Waals surface area contributed by atoms with Gasteiger partial charge in [0.1, 0.15) is 10.7 Å². The topological polar surface area (TPSA) is 85.1 Å². The van der Waals surface area contributed by atoms with Crippen molar-refractivity contribution in [2.45, 2.75) is 50.0 Å². The van der Waals surface area contributed by atoms with Gasteiger partial charge in [0.2, 0.25) is 10.0 Å². The van der Waals surface area contributed by atoms with Crippen molar-refractivity contribution in [2.75, 3.05) is 5.73 Å². The van der Waals surface area contributed by atoms with Crippen molar-refractivity contribution in [3.8, 4) is 0 Å². The van der Waals surface area contributed by atoms with E-state index in [0.717, 1.165) is 25.7 Å². The molecule has 19 heavy (non-hydrogen) atoms. The predicted molar refractivity (Wildman–Crippen MR) is 75.0 cm³/mol. The molecule has 0 bridgehead atoms. The molecule has 0 aliphatic heterocycles. The van der Waals surface area contributed by atoms with Crippen LogP contribution in [-0.4, -0.2) is 19.4 Å². The second kappa shape index (κ2) is 5.88. The van der Waals surface area contributed by atoms with Crippen molar-refractivity contribution in [3.63, 3.8) is 0 Å². The van der Waals surface area contributed by atoms with Crippen LogP contribution in [0, 0.1) is 5.92 Å². The van der Waals surface area contributed by atoms with Gasteiger partial charge in [0.15, 0.2) is 0 Å². The van der Waals surface area contributed by atoms with Crippen molar-refractivity contribution in [1.82, 2.24) is 9.71 Å². The molecule has 1 saturated carbocycles. The Morgan fingerprint density at radius 3 is 2.84 bits per heavy atom. The zero-order valence-electron chi connectivity index (χ0n) is 11.2. The molecule has 2 rings (SSSR count). The Bertz CT molecular complexity index is 530. The van der Waals surface area contributed by atoms with Crippen molar-refractivity contribution >= 4 is 15.8 Å². The van der Waals surface area contributed by atoms with Gasteiger partial charge >= 0.3 is 0 Å². The minimum Gasteiger partial charge on any atom is -0.383 e. The molecule has 6 heteroatoms. The minimum atomic E-state index is -3.56. The quantitative estimate of drug-likeness (QED) is 0.830. The van der Waals surface area contributed by atoms with Crippen LogP contribution in [0.25, 0.3) is 0 Å². The number of hydrogen-bond donors (Lipinski definition) is 2. The van der Waals surface area contributed by atoms with Crippen LogP contribution in [0.4, 0.5) is 5.82 Å². The van der Waals surface area contributed by atoms with Crippen molar-refractivity contribution < 1.29 is 8.42 Å². The van der Waals surface area contributed by atoms with Crippen LogP contribution < -0.4 is 10.5 Å². The molecule has 0 saturated heterocycles. The molecule has 5 nitrogen and oxygen atoms in total. The van der Waals surface area contributed by atoms with Gasteiger partial charge in [-0.05, 0) is 37.3 Å². The number of hydrogen-bond acceptors (Lipinski definition) is 4. The lowest BCUT2D eigenvalue weighted by Gasteiger charge is -2.17. The van der Waals surface area contributed by atoms with E-state index in [1.165, 1.54) is 18.7 Å². The van der Waals surface area contributed by atoms with Crippen LogP contribution in [0.3, 0.4) is 0 Å². The number of nitrogens with two attached hydrogens (primary N) is 1. The lowest BCUT2D eigenvalue weighted by molar-refractivity contribution is 0.484. The van der Waals surface area contributed by atoms with E-state index in [-0.39, 0.29) is 16.8 Å². The SMILES string of the molecule is CC1CCCC(NS(=O)(=O)c2cccnc2N)CC1. The fourth-order valence-electron chi connectivity index (χ4n) is 2.52. The van der Waals surface area contributed by atoms with Crippen LogP contribution >= 0.6 is 0 Å². The van der Waals surface area contributed by atoms with Gasteiger partial charge in [-0.15, -0.1) is 0 Å². The first-order valence-electron chi connectivity index (χ1n) is 6.72. The Morgan fingerprint density at radius 2 is 2.11 bits per heavy atom. The average molecular weight is 283 g/mol. The van der Waals surface area contributed by atoms with E-state index < -0.39 is 10.0 Å². The van der Waals surface area contributed by atoms with Gasteiger partial charge in [-0.1, -0.05) is 19.8 Å². The molecule has 106 valence electrons. The fourth-order valence-corrected chi connectivity index (χ4v) is 3.91. The molecule has 0 spiro atoms. The summed E-state index contributed by atoms with van der Waals surface area (Å²) in [5.74, 6) is 0.731. The first-order chi connectivity index (χ1) is 8.99. The summed E-state index contributed by atoms with van der Waals surface area (Å²) in [4.78, 5) is 3.90. The molecule has 0 amide bonds. The highest BCUT2D eigenvalue weighted by Gasteiger charge is 2.24. The van der Waals surface area contributed by atoms with E-state index in [4.69, 9.17) is 5.73 Å². The third-order valence-electron chi connectivity index (χ3n) is 3.67. The Balaban J connectivity index is 2.11. The van der Waals surface area contributed by atoms with Crippen molar-refractivity contribution in [3.05, 3.63) is 18.3 Å². The molecule has 2 atom stereocenters. The van der Waals surface area contributed by atoms with Gasteiger partial charge in [-0.3, -0.25) is 0 Å². The van der Waals surface area contributed by atoms with Gasteiger partial charge in [0.05, 0.1) is 0 Å². The van der Waals surface area contributed by atoms with E-state index in [9.17, 15) is 8.42 Å². The van der Waals surface area contributed by atoms with Gasteiger partial charge in [-0.25, -0.2) is 18.1 Å². The Hall–Kier alpha value is -1.14. The Kier molecular flexibility index (Phi) is 4.42. The molecular weight excluding hydrogens is 262 g/mol. The molecule has 1 aromatic heterocycles. The van der Waals surface area contributed by atoms with Gasteiger partial charge in [0.25, 0.3) is 0 Å². The normalized spacial score (nSPS) is 24.9. The summed E-state index contributed by atoms with van der Waals surface area (Å²) >= 11 is 0. The monoisotopic (exact) mass is 283 g/mol. The summed E-state index contributed by atoms with van der Waals surface area (Å²) in [7, 11) is -3.56. The molecule has 1 aliphatic rings. The zero-order chi connectivity index (χ0) is 13.9. The first-order valence-corrected chi connectivity index (χ1v) is 8.20. The first kappa shape index (κ1) is 14.3. The lowest BCUT2D eigenvalue weighted by atomic mass is 10.0. The van der Waals surface area contributed by atoms with E-state index in [2.05, 4.69) is 16.6 Å². The van der Waals surface area contributed by atoms with E-state index in [1.807, 2.05) is 0 Å². The average Bonchev–Trinajstić information content (AvgIpc) is 2.54. The summed E-state index contributed by atoms with van der Waals surface area (Å²) in [6.45, 7) is 2.22. The van der Waals surface area contributed by atoms with Crippen molar-refractivity contribution in [1.29, 1.82) is 0 Å². The fraction of sp³-hybridized carbons (Fsp3) is 0.615. The summed E-state index contributed by atoms with van der Waals surface area (Å²) < 4.78 is 27.3. The third kappa shape index (κ3) is 3.67. The molecule has 3 N–H and O–H groups in total. The second-order valence-electron chi connectivity index (χ2n) is 5.32. The molecule has 2 unspecified atom stereocenters. The number of pyridine rings is 1. The highest BCUT2D eigenvalue weighted by molar-refractivity contribution is 7.89. The maximum Gasteiger partial charge on any atom is 0.244 e. The number of nitrogen functional groups attached to an aromatic ring is 1. The van der Waals surface area contributed by atoms with Crippen LogP contribution in [0.2, 0.25) is 0 Å². The van der Waals surface area contributed by atoms with Gasteiger partial charge in [-0.2, -0.15) is 0 Å². The smallest absolute Gasteiger partial charge is 0.244 e. The summed E-state index contributed by atoms with van der Waals surface area (Å²) in [5, 5.41) is 0. The molecule has 1 fully saturated rings. The van der Waals surface area contributed by atoms with Gasteiger partial charge < -0.3 is 5.73 Å². The van der Waals surface area contributed by atoms with Crippen LogP contribution in [-0.2, 0) is 10.0 Å². The summed E-state index contributed by atoms with van der Waals surface area (Å²) in [5.41, 5.74) is 5.63. The van der Waals surface area contributed by atoms with Crippen LogP contribution in [0.1, 0.15) is 39.0 Å². The molecule has 1 aromatic rings. The molecular formula is C13H21N3O2S. The predicted octanol–water partition coefficient (Wildman–Crippen LogP) is 1.91. The third-order valence-corrected chi connectivity index (χ3v) is 5.24. The Labute approximate surface area is 114 Å².